The lowest BCUT2D eigenvalue weighted by Gasteiger charge is -2.46. The minimum atomic E-state index is -2.67. The normalized spacial score (nSPS) is 26.5. The number of hydrogen-bond donors (Lipinski definition) is 5. The Morgan fingerprint density at radius 3 is 2.18 bits per heavy atom. The number of aliphatic hydroxyl groups is 3. The van der Waals surface area contributed by atoms with Crippen molar-refractivity contribution in [1.82, 2.24) is 0 Å². The largest absolute Gasteiger partial charge is 0.508 e. The maximum atomic E-state index is 13.4. The van der Waals surface area contributed by atoms with Crippen LogP contribution in [0.25, 0.3) is 5.76 Å². The number of aromatic hydroxyl groups is 1. The number of rotatable bonds is 3. The molecule has 3 atom stereocenters. The maximum absolute atomic E-state index is 13.4. The zero-order valence-corrected chi connectivity index (χ0v) is 17.8. The summed E-state index contributed by atoms with van der Waals surface area (Å²) in [5, 5.41) is 43.5. The van der Waals surface area contributed by atoms with Crippen molar-refractivity contribution in [2.75, 3.05) is 0 Å². The van der Waals surface area contributed by atoms with E-state index in [-0.39, 0.29) is 40.7 Å². The first-order valence-electron chi connectivity index (χ1n) is 10.2. The molecule has 33 heavy (non-hydrogen) atoms. The lowest BCUT2D eigenvalue weighted by atomic mass is 9.59. The lowest BCUT2D eigenvalue weighted by Crippen LogP contribution is -2.58. The number of Topliss-reactive ketones (excluding diaryl/α,β-unsaturated/α-hetero) is 4. The Morgan fingerprint density at radius 1 is 1.03 bits per heavy atom. The maximum Gasteiger partial charge on any atom is 0.255 e. The Morgan fingerprint density at radius 2 is 1.64 bits per heavy atom. The van der Waals surface area contributed by atoms with Gasteiger partial charge in [0.05, 0.1) is 11.1 Å². The molecule has 1 unspecified atom stereocenters. The third kappa shape index (κ3) is 2.87. The molecule has 0 radical (unpaired) electrons. The van der Waals surface area contributed by atoms with Gasteiger partial charge in [0.2, 0.25) is 5.78 Å². The fraction of sp³-hybridized carbons (Fsp3) is 0.348. The average Bonchev–Trinajstić information content (AvgIpc) is 2.70. The molecule has 6 N–H and O–H groups in total. The Hall–Kier alpha value is -3.79. The highest BCUT2D eigenvalue weighted by Gasteiger charge is 2.60. The summed E-state index contributed by atoms with van der Waals surface area (Å²) < 4.78 is 0. The number of nitrogens with two attached hydrogens (primary N) is 1. The smallest absolute Gasteiger partial charge is 0.255 e. The summed E-state index contributed by atoms with van der Waals surface area (Å²) in [4.78, 5) is 61.7. The molecule has 0 bridgehead atoms. The van der Waals surface area contributed by atoms with E-state index in [2.05, 4.69) is 0 Å². The summed E-state index contributed by atoms with van der Waals surface area (Å²) >= 11 is 0. The Balaban J connectivity index is 2.00. The predicted molar refractivity (Wildman–Crippen MR) is 111 cm³/mol. The van der Waals surface area contributed by atoms with E-state index >= 15 is 0 Å². The third-order valence-electron chi connectivity index (χ3n) is 6.82. The molecular weight excluding hydrogens is 434 g/mol. The lowest BCUT2D eigenvalue weighted by molar-refractivity contribution is -0.147. The Bertz CT molecular complexity index is 1270. The average molecular weight is 455 g/mol. The number of benzene rings is 1. The fourth-order valence-electron chi connectivity index (χ4n) is 5.27. The molecule has 0 spiro atoms. The van der Waals surface area contributed by atoms with Gasteiger partial charge >= 0.3 is 0 Å². The van der Waals surface area contributed by atoms with Gasteiger partial charge in [-0.25, -0.2) is 0 Å². The van der Waals surface area contributed by atoms with E-state index in [0.717, 1.165) is 6.92 Å². The van der Waals surface area contributed by atoms with Gasteiger partial charge in [-0.2, -0.15) is 0 Å². The van der Waals surface area contributed by atoms with E-state index < -0.39 is 75.7 Å². The standard InChI is InChI=1S/C23H21NO9/c1-7(25)11-6-12(8(2)26)18(28)16-13(11)4-9-3-10-5-14(27)17(22(24)32)21(31)23(10,33)20(30)15(9)19(16)29/h6,9-10,28-29,31,33H,3-5H2,1-2H3,(H2,24,32)/t9-,10+,23?/m1/s1. The fourth-order valence-corrected chi connectivity index (χ4v) is 5.27. The number of fused-ring (bicyclic) bond motifs is 3. The van der Waals surface area contributed by atoms with Crippen molar-refractivity contribution in [1.29, 1.82) is 0 Å². The number of carbonyl (C=O) groups is 5. The third-order valence-corrected chi connectivity index (χ3v) is 6.82. The second kappa shape index (κ2) is 7.11. The van der Waals surface area contributed by atoms with Gasteiger partial charge < -0.3 is 26.2 Å². The molecule has 0 aliphatic heterocycles. The van der Waals surface area contributed by atoms with Crippen molar-refractivity contribution in [2.45, 2.75) is 38.7 Å². The van der Waals surface area contributed by atoms with Gasteiger partial charge in [0.1, 0.15) is 22.8 Å². The van der Waals surface area contributed by atoms with Crippen molar-refractivity contribution in [3.8, 4) is 5.75 Å². The molecule has 0 saturated heterocycles. The molecule has 0 heterocycles. The first kappa shape index (κ1) is 22.4. The van der Waals surface area contributed by atoms with Crippen LogP contribution in [0.2, 0.25) is 0 Å². The number of ketones is 4. The van der Waals surface area contributed by atoms with Crippen LogP contribution >= 0.6 is 0 Å². The van der Waals surface area contributed by atoms with Crippen LogP contribution in [0.3, 0.4) is 0 Å². The summed E-state index contributed by atoms with van der Waals surface area (Å²) in [5.74, 6) is -8.67. The van der Waals surface area contributed by atoms with Crippen molar-refractivity contribution in [3.05, 3.63) is 45.2 Å². The number of aliphatic hydroxyl groups excluding tert-OH is 2. The first-order valence-corrected chi connectivity index (χ1v) is 10.2. The number of phenols is 1. The summed E-state index contributed by atoms with van der Waals surface area (Å²) in [6.07, 6.45) is -0.486. The molecule has 10 nitrogen and oxygen atoms in total. The van der Waals surface area contributed by atoms with E-state index in [1.165, 1.54) is 13.0 Å². The molecule has 0 aromatic heterocycles. The molecule has 1 saturated carbocycles. The highest BCUT2D eigenvalue weighted by Crippen LogP contribution is 2.52. The monoisotopic (exact) mass is 455 g/mol. The van der Waals surface area contributed by atoms with Crippen LogP contribution in [0.5, 0.6) is 5.75 Å². The van der Waals surface area contributed by atoms with Crippen molar-refractivity contribution in [2.24, 2.45) is 17.6 Å². The van der Waals surface area contributed by atoms with Gasteiger partial charge in [-0.3, -0.25) is 24.0 Å². The van der Waals surface area contributed by atoms with Gasteiger partial charge in [0.25, 0.3) is 5.91 Å². The second-order valence-electron chi connectivity index (χ2n) is 8.69. The zero-order valence-electron chi connectivity index (χ0n) is 17.8. The van der Waals surface area contributed by atoms with Gasteiger partial charge in [0.15, 0.2) is 23.0 Å². The van der Waals surface area contributed by atoms with Gasteiger partial charge in [-0.05, 0) is 44.2 Å². The predicted octanol–water partition coefficient (Wildman–Crippen LogP) is 0.829. The van der Waals surface area contributed by atoms with Crippen LogP contribution in [-0.4, -0.2) is 55.1 Å². The summed E-state index contributed by atoms with van der Waals surface area (Å²) in [6.45, 7) is 2.42. The van der Waals surface area contributed by atoms with Crippen LogP contribution in [0.1, 0.15) is 58.5 Å². The summed E-state index contributed by atoms with van der Waals surface area (Å²) in [6, 6.07) is 1.23. The van der Waals surface area contributed by atoms with Gasteiger partial charge in [-0.15, -0.1) is 0 Å². The second-order valence-corrected chi connectivity index (χ2v) is 8.69. The number of hydrogen-bond acceptors (Lipinski definition) is 9. The molecule has 1 aromatic rings. The number of amides is 1. The van der Waals surface area contributed by atoms with Crippen molar-refractivity contribution >= 4 is 34.8 Å². The molecule has 1 fully saturated rings. The number of primary amides is 1. The summed E-state index contributed by atoms with van der Waals surface area (Å²) in [7, 11) is 0. The molecule has 1 aromatic carbocycles. The topological polar surface area (TPSA) is 192 Å². The first-order chi connectivity index (χ1) is 15.3. The minimum absolute atomic E-state index is 0.00491. The van der Waals surface area contributed by atoms with Crippen LogP contribution in [0.15, 0.2) is 23.0 Å². The van der Waals surface area contributed by atoms with Crippen LogP contribution in [0, 0.1) is 11.8 Å². The summed E-state index contributed by atoms with van der Waals surface area (Å²) in [5.41, 5.74) is 1.07. The van der Waals surface area contributed by atoms with Crippen LogP contribution in [0.4, 0.5) is 0 Å². The van der Waals surface area contributed by atoms with Crippen LogP contribution < -0.4 is 5.73 Å². The Labute approximate surface area is 187 Å². The highest BCUT2D eigenvalue weighted by atomic mass is 16.3. The van der Waals surface area contributed by atoms with Crippen molar-refractivity contribution < 1.29 is 44.4 Å². The number of carbonyl (C=O) groups excluding carboxylic acids is 5. The number of phenolic OH excluding ortho intramolecular Hbond substituents is 1. The SMILES string of the molecule is CC(=O)c1cc(C(C)=O)c2c(c1O)C(O)=C1C(=O)C3(O)C(O)=C(C(N)=O)C(=O)C[C@@H]3C[C@@H]1C2. The van der Waals surface area contributed by atoms with E-state index in [4.69, 9.17) is 5.73 Å². The molecular formula is C23H21NO9. The van der Waals surface area contributed by atoms with E-state index in [9.17, 15) is 44.4 Å². The quantitative estimate of drug-likeness (QED) is 0.324. The van der Waals surface area contributed by atoms with Crippen molar-refractivity contribution in [3.63, 3.8) is 0 Å². The van der Waals surface area contributed by atoms with E-state index in [1.807, 2.05) is 0 Å². The van der Waals surface area contributed by atoms with E-state index in [1.54, 1.807) is 0 Å². The molecule has 10 heteroatoms. The van der Waals surface area contributed by atoms with Crippen LogP contribution in [-0.2, 0) is 20.8 Å². The molecule has 172 valence electrons. The van der Waals surface area contributed by atoms with Gasteiger partial charge in [-0.1, -0.05) is 0 Å². The molecule has 4 rings (SSSR count). The molecule has 1 amide bonds. The molecule has 3 aliphatic carbocycles. The minimum Gasteiger partial charge on any atom is -0.508 e. The Kier molecular flexibility index (Phi) is 4.83. The van der Waals surface area contributed by atoms with Gasteiger partial charge in [0, 0.05) is 23.5 Å². The zero-order chi connectivity index (χ0) is 24.6. The molecule has 3 aliphatic rings. The highest BCUT2D eigenvalue weighted by molar-refractivity contribution is 6.23. The van der Waals surface area contributed by atoms with E-state index in [0.29, 0.717) is 0 Å².